The Balaban J connectivity index is 1.56. The van der Waals surface area contributed by atoms with Gasteiger partial charge in [-0.05, 0) is 43.0 Å². The van der Waals surface area contributed by atoms with Gasteiger partial charge in [0, 0.05) is 43.9 Å². The number of aryl methyl sites for hydroxylation is 1. The minimum Gasteiger partial charge on any atom is -0.371 e. The van der Waals surface area contributed by atoms with Crippen molar-refractivity contribution in [1.82, 2.24) is 9.97 Å². The standard InChI is InChI=1S/C16H20N4/c1-13-10-17-8-5-15(13)20-9-6-14(12-20)11-19-16-4-2-3-7-18-16/h2-5,7-8,10,14H,6,9,11-12H2,1H3,(H,18,19). The summed E-state index contributed by atoms with van der Waals surface area (Å²) in [5, 5.41) is 3.42. The molecule has 0 bridgehead atoms. The summed E-state index contributed by atoms with van der Waals surface area (Å²) >= 11 is 0. The van der Waals surface area contributed by atoms with Crippen molar-refractivity contribution >= 4 is 11.5 Å². The van der Waals surface area contributed by atoms with Gasteiger partial charge in [-0.1, -0.05) is 6.07 Å². The molecule has 3 rings (SSSR count). The zero-order valence-electron chi connectivity index (χ0n) is 11.8. The van der Waals surface area contributed by atoms with E-state index in [9.17, 15) is 0 Å². The maximum atomic E-state index is 4.30. The molecule has 1 saturated heterocycles. The molecule has 4 heteroatoms. The molecule has 0 aromatic carbocycles. The molecule has 0 saturated carbocycles. The van der Waals surface area contributed by atoms with Crippen LogP contribution in [-0.2, 0) is 0 Å². The number of aromatic nitrogens is 2. The Kier molecular flexibility index (Phi) is 3.81. The molecule has 1 aliphatic rings. The fraction of sp³-hybridized carbons (Fsp3) is 0.375. The van der Waals surface area contributed by atoms with E-state index in [1.54, 1.807) is 0 Å². The first kappa shape index (κ1) is 12.9. The van der Waals surface area contributed by atoms with Crippen LogP contribution in [0.1, 0.15) is 12.0 Å². The average molecular weight is 268 g/mol. The molecule has 0 aliphatic carbocycles. The van der Waals surface area contributed by atoms with E-state index < -0.39 is 0 Å². The predicted molar refractivity (Wildman–Crippen MR) is 82.0 cm³/mol. The Morgan fingerprint density at radius 3 is 3.05 bits per heavy atom. The zero-order valence-corrected chi connectivity index (χ0v) is 11.8. The highest BCUT2D eigenvalue weighted by molar-refractivity contribution is 5.52. The van der Waals surface area contributed by atoms with Crippen LogP contribution in [-0.4, -0.2) is 29.6 Å². The van der Waals surface area contributed by atoms with Crippen LogP contribution in [0.25, 0.3) is 0 Å². The van der Waals surface area contributed by atoms with Crippen molar-refractivity contribution in [3.8, 4) is 0 Å². The van der Waals surface area contributed by atoms with Crippen molar-refractivity contribution in [3.05, 3.63) is 48.4 Å². The van der Waals surface area contributed by atoms with Crippen LogP contribution in [0.4, 0.5) is 11.5 Å². The van der Waals surface area contributed by atoms with E-state index >= 15 is 0 Å². The molecule has 4 nitrogen and oxygen atoms in total. The van der Waals surface area contributed by atoms with E-state index in [4.69, 9.17) is 0 Å². The summed E-state index contributed by atoms with van der Waals surface area (Å²) in [7, 11) is 0. The van der Waals surface area contributed by atoms with Gasteiger partial charge in [-0.3, -0.25) is 4.98 Å². The maximum absolute atomic E-state index is 4.30. The van der Waals surface area contributed by atoms with Crippen LogP contribution >= 0.6 is 0 Å². The molecular formula is C16H20N4. The summed E-state index contributed by atoms with van der Waals surface area (Å²) in [6, 6.07) is 8.08. The Hall–Kier alpha value is -2.10. The number of hydrogen-bond acceptors (Lipinski definition) is 4. The largest absolute Gasteiger partial charge is 0.371 e. The second-order valence-electron chi connectivity index (χ2n) is 5.36. The maximum Gasteiger partial charge on any atom is 0.125 e. The highest BCUT2D eigenvalue weighted by Gasteiger charge is 2.23. The molecule has 1 atom stereocenters. The molecule has 1 aliphatic heterocycles. The van der Waals surface area contributed by atoms with Crippen LogP contribution in [0.2, 0.25) is 0 Å². The highest BCUT2D eigenvalue weighted by Crippen LogP contribution is 2.26. The summed E-state index contributed by atoms with van der Waals surface area (Å²) < 4.78 is 0. The molecule has 1 fully saturated rings. The van der Waals surface area contributed by atoms with Gasteiger partial charge in [0.2, 0.25) is 0 Å². The van der Waals surface area contributed by atoms with E-state index in [1.807, 2.05) is 36.8 Å². The molecule has 1 unspecified atom stereocenters. The van der Waals surface area contributed by atoms with Gasteiger partial charge < -0.3 is 10.2 Å². The van der Waals surface area contributed by atoms with Gasteiger partial charge in [-0.15, -0.1) is 0 Å². The van der Waals surface area contributed by atoms with Crippen LogP contribution in [0, 0.1) is 12.8 Å². The Morgan fingerprint density at radius 1 is 1.30 bits per heavy atom. The SMILES string of the molecule is Cc1cnccc1N1CCC(CNc2ccccn2)C1. The second kappa shape index (κ2) is 5.90. The van der Waals surface area contributed by atoms with Crippen LogP contribution < -0.4 is 10.2 Å². The van der Waals surface area contributed by atoms with E-state index in [1.165, 1.54) is 17.7 Å². The molecule has 3 heterocycles. The number of anilines is 2. The smallest absolute Gasteiger partial charge is 0.125 e. The lowest BCUT2D eigenvalue weighted by Gasteiger charge is -2.20. The number of rotatable bonds is 4. The van der Waals surface area contributed by atoms with Gasteiger partial charge in [-0.25, -0.2) is 4.98 Å². The lowest BCUT2D eigenvalue weighted by molar-refractivity contribution is 0.621. The van der Waals surface area contributed by atoms with Crippen molar-refractivity contribution in [2.75, 3.05) is 29.9 Å². The van der Waals surface area contributed by atoms with Crippen LogP contribution in [0.5, 0.6) is 0 Å². The van der Waals surface area contributed by atoms with Crippen molar-refractivity contribution < 1.29 is 0 Å². The zero-order chi connectivity index (χ0) is 13.8. The number of pyridine rings is 2. The Labute approximate surface area is 119 Å². The third-order valence-electron chi connectivity index (χ3n) is 3.85. The molecule has 0 spiro atoms. The van der Waals surface area contributed by atoms with Gasteiger partial charge in [0.25, 0.3) is 0 Å². The first-order valence-corrected chi connectivity index (χ1v) is 7.13. The minimum absolute atomic E-state index is 0.671. The van der Waals surface area contributed by atoms with Gasteiger partial charge in [0.05, 0.1) is 0 Å². The quantitative estimate of drug-likeness (QED) is 0.925. The molecule has 0 amide bonds. The average Bonchev–Trinajstić information content (AvgIpc) is 2.95. The molecule has 2 aromatic rings. The number of nitrogens with one attached hydrogen (secondary N) is 1. The summed E-state index contributed by atoms with van der Waals surface area (Å²) in [6.45, 7) is 5.34. The highest BCUT2D eigenvalue weighted by atomic mass is 15.2. The number of nitrogens with zero attached hydrogens (tertiary/aromatic N) is 3. The van der Waals surface area contributed by atoms with E-state index in [2.05, 4.69) is 33.2 Å². The van der Waals surface area contributed by atoms with Gasteiger partial charge in [0.15, 0.2) is 0 Å². The van der Waals surface area contributed by atoms with E-state index in [0.717, 1.165) is 25.5 Å². The molecule has 2 aromatic heterocycles. The minimum atomic E-state index is 0.671. The summed E-state index contributed by atoms with van der Waals surface area (Å²) in [6.07, 6.45) is 6.86. The normalized spacial score (nSPS) is 18.2. The summed E-state index contributed by atoms with van der Waals surface area (Å²) in [5.74, 6) is 1.63. The van der Waals surface area contributed by atoms with Gasteiger partial charge in [0.1, 0.15) is 5.82 Å². The lowest BCUT2D eigenvalue weighted by Crippen LogP contribution is -2.23. The van der Waals surface area contributed by atoms with Crippen molar-refractivity contribution in [2.24, 2.45) is 5.92 Å². The first-order valence-electron chi connectivity index (χ1n) is 7.13. The molecule has 0 radical (unpaired) electrons. The second-order valence-corrected chi connectivity index (χ2v) is 5.36. The lowest BCUT2D eigenvalue weighted by atomic mass is 10.1. The molecular weight excluding hydrogens is 248 g/mol. The molecule has 20 heavy (non-hydrogen) atoms. The Morgan fingerprint density at radius 2 is 2.25 bits per heavy atom. The molecule has 1 N–H and O–H groups in total. The monoisotopic (exact) mass is 268 g/mol. The Bertz CT molecular complexity index is 555. The number of hydrogen-bond donors (Lipinski definition) is 1. The van der Waals surface area contributed by atoms with E-state index in [0.29, 0.717) is 5.92 Å². The van der Waals surface area contributed by atoms with Crippen molar-refractivity contribution in [2.45, 2.75) is 13.3 Å². The van der Waals surface area contributed by atoms with Crippen LogP contribution in [0.15, 0.2) is 42.9 Å². The molecule has 104 valence electrons. The van der Waals surface area contributed by atoms with Crippen LogP contribution in [0.3, 0.4) is 0 Å². The first-order chi connectivity index (χ1) is 9.83. The third-order valence-corrected chi connectivity index (χ3v) is 3.85. The van der Waals surface area contributed by atoms with Crippen molar-refractivity contribution in [3.63, 3.8) is 0 Å². The third kappa shape index (κ3) is 2.90. The summed E-state index contributed by atoms with van der Waals surface area (Å²) in [5.41, 5.74) is 2.58. The summed E-state index contributed by atoms with van der Waals surface area (Å²) in [4.78, 5) is 10.9. The van der Waals surface area contributed by atoms with Gasteiger partial charge >= 0.3 is 0 Å². The van der Waals surface area contributed by atoms with E-state index in [-0.39, 0.29) is 0 Å². The van der Waals surface area contributed by atoms with Gasteiger partial charge in [-0.2, -0.15) is 0 Å². The predicted octanol–water partition coefficient (Wildman–Crippen LogP) is 2.72. The topological polar surface area (TPSA) is 41.1 Å². The fourth-order valence-corrected chi connectivity index (χ4v) is 2.76. The fourth-order valence-electron chi connectivity index (χ4n) is 2.76. The van der Waals surface area contributed by atoms with Crippen molar-refractivity contribution in [1.29, 1.82) is 0 Å².